The van der Waals surface area contributed by atoms with E-state index >= 15 is 0 Å². The Morgan fingerprint density at radius 2 is 1.22 bits per heavy atom. The zero-order valence-corrected chi connectivity index (χ0v) is 20.8. The van der Waals surface area contributed by atoms with Gasteiger partial charge < -0.3 is 29.6 Å². The minimum Gasteiger partial charge on any atom is -0.459 e. The maximum absolute atomic E-state index is 11.8. The first kappa shape index (κ1) is 27.5. The highest BCUT2D eigenvalue weighted by molar-refractivity contribution is 5.81. The van der Waals surface area contributed by atoms with Crippen LogP contribution < -0.4 is 10.6 Å². The summed E-state index contributed by atoms with van der Waals surface area (Å²) in [4.78, 5) is 45.6. The molecule has 3 aliphatic carbocycles. The molecule has 2 N–H and O–H groups in total. The predicted molar refractivity (Wildman–Crippen MR) is 130 cm³/mol. The average molecular weight is 507 g/mol. The molecule has 36 heavy (non-hydrogen) atoms. The van der Waals surface area contributed by atoms with Gasteiger partial charge in [0.05, 0.1) is 0 Å². The molecule has 3 fully saturated rings. The molecule has 3 rings (SSSR count). The fourth-order valence-electron chi connectivity index (χ4n) is 6.58. The Morgan fingerprint density at radius 3 is 1.78 bits per heavy atom. The van der Waals surface area contributed by atoms with E-state index < -0.39 is 24.1 Å². The van der Waals surface area contributed by atoms with Crippen LogP contribution in [0, 0.1) is 35.5 Å². The van der Waals surface area contributed by atoms with E-state index in [1.54, 1.807) is 0 Å². The third-order valence-corrected chi connectivity index (χ3v) is 7.81. The molecule has 2 amide bonds. The number of nitrogens with one attached hydrogen (secondary N) is 2. The van der Waals surface area contributed by atoms with Crippen LogP contribution in [-0.2, 0) is 28.5 Å². The Balaban J connectivity index is 1.27. The van der Waals surface area contributed by atoms with Crippen molar-refractivity contribution in [3.05, 3.63) is 25.3 Å². The topological polar surface area (TPSA) is 129 Å². The van der Waals surface area contributed by atoms with Gasteiger partial charge in [-0.1, -0.05) is 13.2 Å². The normalized spacial score (nSPS) is 27.4. The number of ether oxygens (including phenoxy) is 4. The highest BCUT2D eigenvalue weighted by atomic mass is 16.6. The number of carbonyl (C=O) groups is 4. The van der Waals surface area contributed by atoms with Gasteiger partial charge in [-0.2, -0.15) is 0 Å². The molecule has 0 aliphatic heterocycles. The van der Waals surface area contributed by atoms with Crippen molar-refractivity contribution in [2.24, 2.45) is 35.5 Å². The largest absolute Gasteiger partial charge is 0.459 e. The molecule has 0 radical (unpaired) electrons. The Morgan fingerprint density at radius 1 is 0.694 bits per heavy atom. The van der Waals surface area contributed by atoms with Crippen LogP contribution in [0.2, 0.25) is 0 Å². The molecule has 10 heteroatoms. The Labute approximate surface area is 212 Å². The second-order valence-electron chi connectivity index (χ2n) is 9.68. The summed E-state index contributed by atoms with van der Waals surface area (Å²) in [5.74, 6) is 3.11. The lowest BCUT2D eigenvalue weighted by Gasteiger charge is -2.34. The number of hydrogen-bond acceptors (Lipinski definition) is 8. The Kier molecular flexibility index (Phi) is 10.6. The molecule has 0 aromatic rings. The van der Waals surface area contributed by atoms with E-state index in [1.165, 1.54) is 25.7 Å². The molecule has 0 aromatic carbocycles. The Bertz CT molecular complexity index is 816. The standard InChI is InChI=1S/C26H38N2O8/c1-3-22(29)33-11-13-35-25(31)27-9-7-17-5-6-20-21-16-19(24(17)20)15-18(21)8-10-28-26(32)36-14-12-34-23(30)4-2/h3-4,17-21,24H,1-2,5-16H2,(H,27,31)(H,28,32). The second-order valence-corrected chi connectivity index (χ2v) is 9.68. The lowest BCUT2D eigenvalue weighted by Crippen LogP contribution is -2.33. The summed E-state index contributed by atoms with van der Waals surface area (Å²) in [6.45, 7) is 7.83. The van der Waals surface area contributed by atoms with Crippen molar-refractivity contribution >= 4 is 24.1 Å². The van der Waals surface area contributed by atoms with Gasteiger partial charge in [-0.15, -0.1) is 0 Å². The first-order valence-electron chi connectivity index (χ1n) is 12.8. The minimum absolute atomic E-state index is 0.0127. The molecule has 0 saturated heterocycles. The molecule has 6 atom stereocenters. The van der Waals surface area contributed by atoms with Gasteiger partial charge in [-0.25, -0.2) is 19.2 Å². The molecule has 3 aliphatic rings. The van der Waals surface area contributed by atoms with Crippen LogP contribution in [0.1, 0.15) is 38.5 Å². The van der Waals surface area contributed by atoms with Gasteiger partial charge in [0.15, 0.2) is 0 Å². The maximum Gasteiger partial charge on any atom is 0.407 e. The van der Waals surface area contributed by atoms with Gasteiger partial charge in [0, 0.05) is 25.2 Å². The lowest BCUT2D eigenvalue weighted by atomic mass is 9.72. The van der Waals surface area contributed by atoms with Gasteiger partial charge >= 0.3 is 24.1 Å². The lowest BCUT2D eigenvalue weighted by molar-refractivity contribution is -0.139. The highest BCUT2D eigenvalue weighted by Gasteiger charge is 2.56. The molecule has 0 heterocycles. The number of esters is 2. The SMILES string of the molecule is C=CC(=O)OCCOC(=O)NCCC1CC2CC1C1CCC(CCNC(=O)OCCOC(=O)C=C)C21. The van der Waals surface area contributed by atoms with Gasteiger partial charge in [0.1, 0.15) is 26.4 Å². The molecule has 6 unspecified atom stereocenters. The fourth-order valence-corrected chi connectivity index (χ4v) is 6.58. The number of carbonyl (C=O) groups excluding carboxylic acids is 4. The average Bonchev–Trinajstić information content (AvgIpc) is 3.57. The van der Waals surface area contributed by atoms with Crippen molar-refractivity contribution in [3.63, 3.8) is 0 Å². The quantitative estimate of drug-likeness (QED) is 0.159. The number of rotatable bonds is 14. The first-order chi connectivity index (χ1) is 17.4. The summed E-state index contributed by atoms with van der Waals surface area (Å²) in [6.07, 6.45) is 7.97. The molecular formula is C26H38N2O8. The van der Waals surface area contributed by atoms with Gasteiger partial charge in [0.2, 0.25) is 0 Å². The van der Waals surface area contributed by atoms with E-state index in [0.29, 0.717) is 24.9 Å². The summed E-state index contributed by atoms with van der Waals surface area (Å²) >= 11 is 0. The zero-order chi connectivity index (χ0) is 25.9. The van der Waals surface area contributed by atoms with E-state index in [2.05, 4.69) is 23.8 Å². The molecule has 2 bridgehead atoms. The van der Waals surface area contributed by atoms with Crippen molar-refractivity contribution in [2.45, 2.75) is 38.5 Å². The van der Waals surface area contributed by atoms with E-state index in [1.807, 2.05) is 0 Å². The van der Waals surface area contributed by atoms with Gasteiger partial charge in [-0.3, -0.25) is 0 Å². The van der Waals surface area contributed by atoms with Crippen LogP contribution in [0.5, 0.6) is 0 Å². The van der Waals surface area contributed by atoms with Crippen LogP contribution in [0.4, 0.5) is 9.59 Å². The molecule has 10 nitrogen and oxygen atoms in total. The summed E-state index contributed by atoms with van der Waals surface area (Å²) in [6, 6.07) is 0. The van der Waals surface area contributed by atoms with E-state index in [9.17, 15) is 19.2 Å². The van der Waals surface area contributed by atoms with Crippen molar-refractivity contribution < 1.29 is 38.1 Å². The third-order valence-electron chi connectivity index (χ3n) is 7.81. The molecule has 200 valence electrons. The maximum atomic E-state index is 11.8. The summed E-state index contributed by atoms with van der Waals surface area (Å²) in [7, 11) is 0. The second kappa shape index (κ2) is 13.9. The van der Waals surface area contributed by atoms with Crippen LogP contribution in [0.25, 0.3) is 0 Å². The number of hydrogen-bond donors (Lipinski definition) is 2. The summed E-state index contributed by atoms with van der Waals surface area (Å²) in [5.41, 5.74) is 0. The van der Waals surface area contributed by atoms with Crippen molar-refractivity contribution in [1.82, 2.24) is 10.6 Å². The summed E-state index contributed by atoms with van der Waals surface area (Å²) < 4.78 is 19.6. The van der Waals surface area contributed by atoms with E-state index in [4.69, 9.17) is 18.9 Å². The smallest absolute Gasteiger partial charge is 0.407 e. The van der Waals surface area contributed by atoms with Crippen LogP contribution >= 0.6 is 0 Å². The molecule has 0 aromatic heterocycles. The number of amides is 2. The Hall–Kier alpha value is -3.04. The van der Waals surface area contributed by atoms with Crippen molar-refractivity contribution in [1.29, 1.82) is 0 Å². The monoisotopic (exact) mass is 506 g/mol. The van der Waals surface area contributed by atoms with Crippen molar-refractivity contribution in [2.75, 3.05) is 39.5 Å². The van der Waals surface area contributed by atoms with E-state index in [-0.39, 0.29) is 26.4 Å². The minimum atomic E-state index is -0.540. The van der Waals surface area contributed by atoms with Gasteiger partial charge in [0.25, 0.3) is 0 Å². The molecule has 0 spiro atoms. The van der Waals surface area contributed by atoms with Crippen LogP contribution in [0.15, 0.2) is 25.3 Å². The predicted octanol–water partition coefficient (Wildman–Crippen LogP) is 2.98. The summed E-state index contributed by atoms with van der Waals surface area (Å²) in [5, 5.41) is 5.61. The zero-order valence-electron chi connectivity index (χ0n) is 20.8. The third kappa shape index (κ3) is 7.73. The van der Waals surface area contributed by atoms with Gasteiger partial charge in [-0.05, 0) is 74.0 Å². The highest BCUT2D eigenvalue weighted by Crippen LogP contribution is 2.63. The first-order valence-corrected chi connectivity index (χ1v) is 12.8. The molecular weight excluding hydrogens is 468 g/mol. The number of fused-ring (bicyclic) bond motifs is 5. The number of alkyl carbamates (subject to hydrolysis) is 2. The van der Waals surface area contributed by atoms with E-state index in [0.717, 1.165) is 48.7 Å². The van der Waals surface area contributed by atoms with Crippen molar-refractivity contribution in [3.8, 4) is 0 Å². The molecule has 3 saturated carbocycles. The van der Waals surface area contributed by atoms with Crippen LogP contribution in [-0.4, -0.2) is 63.6 Å². The van der Waals surface area contributed by atoms with Crippen LogP contribution in [0.3, 0.4) is 0 Å². The fraction of sp³-hybridized carbons (Fsp3) is 0.692.